The first-order chi connectivity index (χ1) is 19.1. The van der Waals surface area contributed by atoms with E-state index in [1.807, 2.05) is 18.7 Å². The van der Waals surface area contributed by atoms with Gasteiger partial charge in [0.2, 0.25) is 5.91 Å². The summed E-state index contributed by atoms with van der Waals surface area (Å²) in [5.41, 5.74) is -1.96. The third kappa shape index (κ3) is 4.17. The van der Waals surface area contributed by atoms with Crippen molar-refractivity contribution in [3.8, 4) is 22.8 Å². The van der Waals surface area contributed by atoms with E-state index in [0.29, 0.717) is 32.5 Å². The Morgan fingerprint density at radius 1 is 1.23 bits per heavy atom. The molecule has 0 radical (unpaired) electrons. The molecule has 0 aliphatic carbocycles. The van der Waals surface area contributed by atoms with Crippen molar-refractivity contribution in [2.75, 3.05) is 37.7 Å². The van der Waals surface area contributed by atoms with Gasteiger partial charge in [-0.1, -0.05) is 12.6 Å². The molecule has 40 heavy (non-hydrogen) atoms. The number of carbonyl (C=O) groups excluding carboxylic acids is 1. The number of amides is 1. The smallest absolute Gasteiger partial charge is 0.351 e. The molecule has 2 saturated heterocycles. The largest absolute Gasteiger partial charge is 0.507 e. The Morgan fingerprint density at radius 3 is 2.75 bits per heavy atom. The minimum absolute atomic E-state index is 0.0332. The Bertz CT molecular complexity index is 1590. The van der Waals surface area contributed by atoms with Gasteiger partial charge in [-0.3, -0.25) is 9.36 Å². The number of carbonyl (C=O) groups is 1. The van der Waals surface area contributed by atoms with Gasteiger partial charge in [0, 0.05) is 32.3 Å². The molecule has 10 nitrogen and oxygen atoms in total. The van der Waals surface area contributed by atoms with Gasteiger partial charge in [-0.25, -0.2) is 18.6 Å². The molecule has 6 rings (SSSR count). The number of piperazine rings is 1. The fraction of sp³-hybridized carbons (Fsp3) is 0.429. The van der Waals surface area contributed by atoms with E-state index in [2.05, 4.69) is 16.5 Å². The minimum atomic E-state index is -0.979. The molecule has 2 aromatic heterocycles. The quantitative estimate of drug-likeness (QED) is 0.493. The van der Waals surface area contributed by atoms with Crippen molar-refractivity contribution in [3.05, 3.63) is 53.0 Å². The molecule has 12 heteroatoms. The molecule has 0 unspecified atom stereocenters. The van der Waals surface area contributed by atoms with E-state index in [-0.39, 0.29) is 47.7 Å². The molecule has 3 aliphatic rings. The first kappa shape index (κ1) is 26.2. The van der Waals surface area contributed by atoms with Crippen LogP contribution in [0.1, 0.15) is 32.7 Å². The lowest BCUT2D eigenvalue weighted by Gasteiger charge is -2.40. The number of aromatic hydroxyl groups is 1. The lowest BCUT2D eigenvalue weighted by atomic mass is 9.93. The van der Waals surface area contributed by atoms with Crippen LogP contribution in [0, 0.1) is 11.6 Å². The fourth-order valence-corrected chi connectivity index (χ4v) is 5.99. The van der Waals surface area contributed by atoms with E-state index >= 15 is 4.39 Å². The molecule has 210 valence electrons. The number of hydrogen-bond acceptors (Lipinski definition) is 8. The van der Waals surface area contributed by atoms with E-state index in [0.717, 1.165) is 6.07 Å². The zero-order valence-electron chi connectivity index (χ0n) is 22.2. The van der Waals surface area contributed by atoms with Gasteiger partial charge in [0.05, 0.1) is 17.2 Å². The van der Waals surface area contributed by atoms with Crippen molar-refractivity contribution < 1.29 is 28.2 Å². The number of phenolic OH excluding ortho intramolecular Hbond substituents is 1. The van der Waals surface area contributed by atoms with E-state index < -0.39 is 46.0 Å². The van der Waals surface area contributed by atoms with Gasteiger partial charge in [0.25, 0.3) is 0 Å². The molecule has 1 aromatic carbocycles. The number of phenols is 1. The SMILES string of the molecule is C=CC(=O)N1CCN2c3nc(=O)n([C@H]4CCOC(C)(C)C4)c4nc(-c5c(O)cccc5F)c(F)c(c34)OC[C@H]2C1. The topological polar surface area (TPSA) is 110 Å². The zero-order chi connectivity index (χ0) is 28.3. The van der Waals surface area contributed by atoms with Crippen LogP contribution in [0.2, 0.25) is 0 Å². The summed E-state index contributed by atoms with van der Waals surface area (Å²) in [6.07, 6.45) is 2.18. The first-order valence-corrected chi connectivity index (χ1v) is 13.2. The Balaban J connectivity index is 1.62. The van der Waals surface area contributed by atoms with E-state index in [1.165, 1.54) is 22.8 Å². The van der Waals surface area contributed by atoms with Crippen molar-refractivity contribution >= 4 is 22.8 Å². The van der Waals surface area contributed by atoms with Crippen molar-refractivity contribution in [1.82, 2.24) is 19.4 Å². The highest BCUT2D eigenvalue weighted by molar-refractivity contribution is 5.96. The molecular weight excluding hydrogens is 524 g/mol. The van der Waals surface area contributed by atoms with Crippen molar-refractivity contribution in [3.63, 3.8) is 0 Å². The molecule has 3 aliphatic heterocycles. The number of nitrogens with zero attached hydrogens (tertiary/aromatic N) is 5. The summed E-state index contributed by atoms with van der Waals surface area (Å²) in [6.45, 7) is 8.65. The van der Waals surface area contributed by atoms with Crippen LogP contribution in [0.25, 0.3) is 22.3 Å². The Kier molecular flexibility index (Phi) is 6.25. The van der Waals surface area contributed by atoms with Gasteiger partial charge in [0.1, 0.15) is 35.1 Å². The number of aromatic nitrogens is 3. The summed E-state index contributed by atoms with van der Waals surface area (Å²) in [4.78, 5) is 38.4. The molecule has 1 N–H and O–H groups in total. The molecule has 5 heterocycles. The number of benzene rings is 1. The van der Waals surface area contributed by atoms with E-state index in [4.69, 9.17) is 9.47 Å². The molecule has 2 fully saturated rings. The maximum atomic E-state index is 16.3. The summed E-state index contributed by atoms with van der Waals surface area (Å²) < 4.78 is 44.6. The Hall–Kier alpha value is -4.06. The second-order valence-corrected chi connectivity index (χ2v) is 10.9. The Labute approximate surface area is 228 Å². The number of halogens is 2. The third-order valence-corrected chi connectivity index (χ3v) is 7.86. The lowest BCUT2D eigenvalue weighted by molar-refractivity contribution is -0.126. The molecule has 0 spiro atoms. The standard InChI is InChI=1S/C28H29F2N5O5/c1-4-19(37)33-9-10-34-16(13-33)14-39-24-21-25(34)32-27(38)35(15-8-11-40-28(2,3)12-15)26(21)31-23(22(24)30)20-17(29)6-5-7-18(20)36/h4-7,15-16,36H,1,8-14H2,2-3H3/t15-,16+/m0/s1. The number of pyridine rings is 1. The maximum Gasteiger partial charge on any atom is 0.351 e. The van der Waals surface area contributed by atoms with E-state index in [9.17, 15) is 19.1 Å². The molecule has 0 bridgehead atoms. The van der Waals surface area contributed by atoms with Gasteiger partial charge in [0.15, 0.2) is 17.2 Å². The van der Waals surface area contributed by atoms with Crippen LogP contribution >= 0.6 is 0 Å². The summed E-state index contributed by atoms with van der Waals surface area (Å²) in [5, 5.41) is 10.7. The summed E-state index contributed by atoms with van der Waals surface area (Å²) >= 11 is 0. The van der Waals surface area contributed by atoms with Crippen molar-refractivity contribution in [1.29, 1.82) is 0 Å². The van der Waals surface area contributed by atoms with Crippen LogP contribution in [0.4, 0.5) is 14.6 Å². The summed E-state index contributed by atoms with van der Waals surface area (Å²) in [5.74, 6) is -2.65. The molecular formula is C28H29F2N5O5. The van der Waals surface area contributed by atoms with Crippen LogP contribution < -0.4 is 15.3 Å². The average Bonchev–Trinajstić information content (AvgIpc) is 3.07. The highest BCUT2D eigenvalue weighted by Gasteiger charge is 2.39. The van der Waals surface area contributed by atoms with Gasteiger partial charge in [-0.15, -0.1) is 0 Å². The predicted molar refractivity (Wildman–Crippen MR) is 143 cm³/mol. The molecule has 3 aromatic rings. The van der Waals surface area contributed by atoms with Gasteiger partial charge < -0.3 is 24.4 Å². The second-order valence-electron chi connectivity index (χ2n) is 10.9. The molecule has 1 amide bonds. The first-order valence-electron chi connectivity index (χ1n) is 13.2. The third-order valence-electron chi connectivity index (χ3n) is 7.86. The van der Waals surface area contributed by atoms with Gasteiger partial charge in [-0.05, 0) is 44.9 Å². The number of fused-ring (bicyclic) bond motifs is 2. The summed E-state index contributed by atoms with van der Waals surface area (Å²) in [6, 6.07) is 2.81. The van der Waals surface area contributed by atoms with Gasteiger partial charge >= 0.3 is 5.69 Å². The van der Waals surface area contributed by atoms with E-state index in [1.54, 1.807) is 4.90 Å². The number of rotatable bonds is 3. The molecule has 2 atom stereocenters. The van der Waals surface area contributed by atoms with Crippen LogP contribution in [0.5, 0.6) is 11.5 Å². The highest BCUT2D eigenvalue weighted by Crippen LogP contribution is 2.44. The van der Waals surface area contributed by atoms with Crippen LogP contribution in [-0.2, 0) is 9.53 Å². The number of hydrogen-bond donors (Lipinski definition) is 1. The minimum Gasteiger partial charge on any atom is -0.507 e. The van der Waals surface area contributed by atoms with Crippen LogP contribution in [0.15, 0.2) is 35.6 Å². The van der Waals surface area contributed by atoms with Crippen LogP contribution in [-0.4, -0.2) is 74.9 Å². The summed E-state index contributed by atoms with van der Waals surface area (Å²) in [7, 11) is 0. The normalized spacial score (nSPS) is 21.9. The lowest BCUT2D eigenvalue weighted by Crippen LogP contribution is -2.56. The number of anilines is 1. The maximum absolute atomic E-state index is 16.3. The number of ether oxygens (including phenoxy) is 2. The van der Waals surface area contributed by atoms with Crippen molar-refractivity contribution in [2.24, 2.45) is 0 Å². The fourth-order valence-electron chi connectivity index (χ4n) is 5.99. The van der Waals surface area contributed by atoms with Crippen molar-refractivity contribution in [2.45, 2.75) is 44.4 Å². The average molecular weight is 554 g/mol. The monoisotopic (exact) mass is 553 g/mol. The Morgan fingerprint density at radius 2 is 2.02 bits per heavy atom. The second kappa shape index (κ2) is 9.54. The predicted octanol–water partition coefficient (Wildman–Crippen LogP) is 3.17. The van der Waals surface area contributed by atoms with Gasteiger partial charge in [-0.2, -0.15) is 4.98 Å². The highest BCUT2D eigenvalue weighted by atomic mass is 19.1. The molecule has 0 saturated carbocycles. The van der Waals surface area contributed by atoms with Crippen LogP contribution in [0.3, 0.4) is 0 Å². The zero-order valence-corrected chi connectivity index (χ0v) is 22.2.